The van der Waals surface area contributed by atoms with E-state index in [1.54, 1.807) is 44.6 Å². The monoisotopic (exact) mass is 377 g/mol. The predicted molar refractivity (Wildman–Crippen MR) is 103 cm³/mol. The molecule has 0 bridgehead atoms. The highest BCUT2D eigenvalue weighted by atomic mass is 32.2. The van der Waals surface area contributed by atoms with Gasteiger partial charge in [0, 0.05) is 12.1 Å². The Hall–Kier alpha value is -2.05. The Labute approximate surface area is 156 Å². The number of rotatable bonds is 8. The van der Waals surface area contributed by atoms with Crippen LogP contribution in [0.2, 0.25) is 0 Å². The van der Waals surface area contributed by atoms with Gasteiger partial charge in [0.2, 0.25) is 10.0 Å². The molecule has 0 unspecified atom stereocenters. The number of methoxy groups -OCH3 is 2. The highest BCUT2D eigenvalue weighted by Crippen LogP contribution is 2.28. The summed E-state index contributed by atoms with van der Waals surface area (Å²) in [5.74, 6) is 1.25. The van der Waals surface area contributed by atoms with E-state index in [1.165, 1.54) is 0 Å². The number of hydrogen-bond acceptors (Lipinski definition) is 4. The van der Waals surface area contributed by atoms with Crippen LogP contribution in [0.4, 0.5) is 0 Å². The van der Waals surface area contributed by atoms with Crippen LogP contribution in [0.15, 0.2) is 47.4 Å². The van der Waals surface area contributed by atoms with Crippen LogP contribution in [-0.4, -0.2) is 22.6 Å². The highest BCUT2D eigenvalue weighted by molar-refractivity contribution is 7.89. The number of sulfonamides is 1. The van der Waals surface area contributed by atoms with Crippen LogP contribution >= 0.6 is 0 Å². The molecule has 6 heteroatoms. The van der Waals surface area contributed by atoms with Crippen molar-refractivity contribution in [2.75, 3.05) is 14.2 Å². The zero-order valence-electron chi connectivity index (χ0n) is 16.0. The summed E-state index contributed by atoms with van der Waals surface area (Å²) in [6.07, 6.45) is 0.979. The van der Waals surface area contributed by atoms with Gasteiger partial charge in [-0.05, 0) is 47.7 Å². The molecule has 142 valence electrons. The maximum atomic E-state index is 12.6. The van der Waals surface area contributed by atoms with E-state index < -0.39 is 10.0 Å². The summed E-state index contributed by atoms with van der Waals surface area (Å²) >= 11 is 0. The van der Waals surface area contributed by atoms with Gasteiger partial charge in [-0.3, -0.25) is 0 Å². The van der Waals surface area contributed by atoms with E-state index in [2.05, 4.69) is 25.5 Å². The summed E-state index contributed by atoms with van der Waals surface area (Å²) in [4.78, 5) is 0.245. The molecular weight excluding hydrogens is 350 g/mol. The van der Waals surface area contributed by atoms with Crippen molar-refractivity contribution in [1.82, 2.24) is 4.72 Å². The van der Waals surface area contributed by atoms with Crippen LogP contribution in [0.25, 0.3) is 0 Å². The van der Waals surface area contributed by atoms with Crippen molar-refractivity contribution < 1.29 is 17.9 Å². The zero-order valence-corrected chi connectivity index (χ0v) is 16.8. The van der Waals surface area contributed by atoms with Crippen LogP contribution < -0.4 is 14.2 Å². The van der Waals surface area contributed by atoms with E-state index in [9.17, 15) is 8.42 Å². The van der Waals surface area contributed by atoms with Crippen molar-refractivity contribution in [3.05, 3.63) is 53.6 Å². The van der Waals surface area contributed by atoms with E-state index in [1.807, 2.05) is 12.1 Å². The third kappa shape index (κ3) is 4.56. The molecule has 0 atom stereocenters. The van der Waals surface area contributed by atoms with Gasteiger partial charge in [-0.2, -0.15) is 0 Å². The minimum atomic E-state index is -3.62. The maximum Gasteiger partial charge on any atom is 0.240 e. The van der Waals surface area contributed by atoms with Gasteiger partial charge < -0.3 is 9.47 Å². The Bertz CT molecular complexity index is 843. The lowest BCUT2D eigenvalue weighted by atomic mass is 9.82. The lowest BCUT2D eigenvalue weighted by Gasteiger charge is -2.23. The summed E-state index contributed by atoms with van der Waals surface area (Å²) in [6, 6.07) is 12.3. The molecule has 2 aromatic rings. The fourth-order valence-corrected chi connectivity index (χ4v) is 3.57. The van der Waals surface area contributed by atoms with Gasteiger partial charge in [-0.15, -0.1) is 0 Å². The largest absolute Gasteiger partial charge is 0.497 e. The lowest BCUT2D eigenvalue weighted by molar-refractivity contribution is 0.398. The summed E-state index contributed by atoms with van der Waals surface area (Å²) < 4.78 is 38.3. The molecule has 0 aromatic heterocycles. The number of benzene rings is 2. The summed E-state index contributed by atoms with van der Waals surface area (Å²) in [6.45, 7) is 6.52. The second-order valence-electron chi connectivity index (χ2n) is 6.76. The van der Waals surface area contributed by atoms with E-state index in [4.69, 9.17) is 9.47 Å². The molecule has 0 aliphatic rings. The fourth-order valence-electron chi connectivity index (χ4n) is 2.57. The normalized spacial score (nSPS) is 12.0. The molecule has 5 nitrogen and oxygen atoms in total. The van der Waals surface area contributed by atoms with Crippen molar-refractivity contribution in [2.45, 2.75) is 44.0 Å². The molecule has 2 rings (SSSR count). The van der Waals surface area contributed by atoms with Crippen LogP contribution in [-0.2, 0) is 22.0 Å². The molecule has 0 aliphatic carbocycles. The number of hydrogen-bond donors (Lipinski definition) is 1. The van der Waals surface area contributed by atoms with Crippen molar-refractivity contribution in [2.24, 2.45) is 0 Å². The van der Waals surface area contributed by atoms with Crippen LogP contribution in [0, 0.1) is 0 Å². The Kier molecular flexibility index (Phi) is 6.31. The Balaban J connectivity index is 2.19. The summed E-state index contributed by atoms with van der Waals surface area (Å²) in [7, 11) is -0.504. The Morgan fingerprint density at radius 2 is 1.65 bits per heavy atom. The van der Waals surface area contributed by atoms with Crippen molar-refractivity contribution >= 4 is 10.0 Å². The number of ether oxygens (including phenoxy) is 2. The van der Waals surface area contributed by atoms with Gasteiger partial charge >= 0.3 is 0 Å². The van der Waals surface area contributed by atoms with Crippen LogP contribution in [0.3, 0.4) is 0 Å². The Morgan fingerprint density at radius 1 is 1.00 bits per heavy atom. The molecule has 0 aliphatic heterocycles. The first kappa shape index (κ1) is 20.3. The molecule has 0 saturated heterocycles. The summed E-state index contributed by atoms with van der Waals surface area (Å²) in [5.41, 5.74) is 1.84. The second-order valence-corrected chi connectivity index (χ2v) is 8.53. The first-order chi connectivity index (χ1) is 12.2. The SMILES string of the molecule is CCC(C)(C)c1ccc(S(=O)(=O)NCc2cc(OC)ccc2OC)cc1. The Morgan fingerprint density at radius 3 is 2.19 bits per heavy atom. The van der Waals surface area contributed by atoms with Crippen LogP contribution in [0.1, 0.15) is 38.3 Å². The molecule has 0 heterocycles. The third-order valence-electron chi connectivity index (χ3n) is 4.77. The van der Waals surface area contributed by atoms with E-state index >= 15 is 0 Å². The quantitative estimate of drug-likeness (QED) is 0.758. The average Bonchev–Trinajstić information content (AvgIpc) is 2.66. The zero-order chi connectivity index (χ0) is 19.4. The molecule has 0 amide bonds. The first-order valence-electron chi connectivity index (χ1n) is 8.54. The van der Waals surface area contributed by atoms with Gasteiger partial charge in [0.25, 0.3) is 0 Å². The molecule has 26 heavy (non-hydrogen) atoms. The maximum absolute atomic E-state index is 12.6. The van der Waals surface area contributed by atoms with Gasteiger partial charge in [0.15, 0.2) is 0 Å². The summed E-state index contributed by atoms with van der Waals surface area (Å²) in [5, 5.41) is 0. The van der Waals surface area contributed by atoms with Gasteiger partial charge in [0.1, 0.15) is 11.5 Å². The average molecular weight is 378 g/mol. The second kappa shape index (κ2) is 8.10. The van der Waals surface area contributed by atoms with E-state index in [-0.39, 0.29) is 16.9 Å². The van der Waals surface area contributed by atoms with Crippen LogP contribution in [0.5, 0.6) is 11.5 Å². The molecule has 0 radical (unpaired) electrons. The fraction of sp³-hybridized carbons (Fsp3) is 0.400. The minimum Gasteiger partial charge on any atom is -0.497 e. The first-order valence-corrected chi connectivity index (χ1v) is 10.0. The molecule has 0 fully saturated rings. The van der Waals surface area contributed by atoms with Gasteiger partial charge in [0.05, 0.1) is 19.1 Å². The third-order valence-corrected chi connectivity index (χ3v) is 6.19. The highest BCUT2D eigenvalue weighted by Gasteiger charge is 2.20. The molecule has 2 aromatic carbocycles. The van der Waals surface area contributed by atoms with E-state index in [0.29, 0.717) is 17.1 Å². The van der Waals surface area contributed by atoms with Crippen molar-refractivity contribution in [3.8, 4) is 11.5 Å². The molecule has 0 saturated carbocycles. The van der Waals surface area contributed by atoms with Gasteiger partial charge in [-0.25, -0.2) is 13.1 Å². The lowest BCUT2D eigenvalue weighted by Crippen LogP contribution is -2.24. The smallest absolute Gasteiger partial charge is 0.240 e. The molecule has 0 spiro atoms. The minimum absolute atomic E-state index is 0.0175. The standard InChI is InChI=1S/C20H27NO4S/c1-6-20(2,3)16-7-10-18(11-8-16)26(22,23)21-14-15-13-17(24-4)9-12-19(15)25-5/h7-13,21H,6,14H2,1-5H3. The van der Waals surface area contributed by atoms with Gasteiger partial charge in [-0.1, -0.05) is 32.9 Å². The predicted octanol–water partition coefficient (Wildman–Crippen LogP) is 3.87. The molecule has 1 N–H and O–H groups in total. The van der Waals surface area contributed by atoms with Crippen molar-refractivity contribution in [3.63, 3.8) is 0 Å². The topological polar surface area (TPSA) is 64.6 Å². The number of nitrogens with one attached hydrogen (secondary N) is 1. The van der Waals surface area contributed by atoms with Crippen molar-refractivity contribution in [1.29, 1.82) is 0 Å². The molecular formula is C20H27NO4S. The van der Waals surface area contributed by atoms with E-state index in [0.717, 1.165) is 12.0 Å².